The first-order valence-electron chi connectivity index (χ1n) is 10.5. The van der Waals surface area contributed by atoms with Gasteiger partial charge in [0.1, 0.15) is 0 Å². The minimum atomic E-state index is 0.114. The van der Waals surface area contributed by atoms with Gasteiger partial charge in [-0.05, 0) is 38.2 Å². The molecule has 0 radical (unpaired) electrons. The van der Waals surface area contributed by atoms with E-state index in [-0.39, 0.29) is 5.91 Å². The lowest BCUT2D eigenvalue weighted by atomic mass is 10.0. The molecule has 0 bridgehead atoms. The van der Waals surface area contributed by atoms with Crippen molar-refractivity contribution in [3.8, 4) is 11.5 Å². The molecule has 152 valence electrons. The molecular formula is C22H36N2O3. The SMILES string of the molecule is CCOc1cccc2c1OCCCCCNC(=O)CN(CC(CC)CC)C2. The van der Waals surface area contributed by atoms with Gasteiger partial charge in [-0.3, -0.25) is 9.69 Å². The van der Waals surface area contributed by atoms with Crippen LogP contribution in [0.1, 0.15) is 58.4 Å². The van der Waals surface area contributed by atoms with Crippen molar-refractivity contribution in [1.29, 1.82) is 0 Å². The molecule has 0 aromatic heterocycles. The Morgan fingerprint density at radius 3 is 2.70 bits per heavy atom. The summed E-state index contributed by atoms with van der Waals surface area (Å²) in [6.45, 7) is 10.5. The molecule has 0 saturated heterocycles. The smallest absolute Gasteiger partial charge is 0.234 e. The van der Waals surface area contributed by atoms with Gasteiger partial charge in [-0.25, -0.2) is 0 Å². The van der Waals surface area contributed by atoms with Crippen LogP contribution in [-0.4, -0.2) is 43.7 Å². The number of para-hydroxylation sites is 1. The van der Waals surface area contributed by atoms with E-state index in [1.165, 1.54) is 0 Å². The molecule has 5 nitrogen and oxygen atoms in total. The Morgan fingerprint density at radius 1 is 1.15 bits per heavy atom. The zero-order valence-electron chi connectivity index (χ0n) is 17.3. The van der Waals surface area contributed by atoms with Gasteiger partial charge in [0.2, 0.25) is 5.91 Å². The molecular weight excluding hydrogens is 340 g/mol. The molecule has 0 spiro atoms. The second-order valence-corrected chi connectivity index (χ2v) is 7.29. The van der Waals surface area contributed by atoms with Crippen LogP contribution in [0.5, 0.6) is 11.5 Å². The van der Waals surface area contributed by atoms with Crippen molar-refractivity contribution in [2.75, 3.05) is 32.8 Å². The molecule has 1 aliphatic heterocycles. The maximum atomic E-state index is 12.4. The molecule has 0 aliphatic carbocycles. The average molecular weight is 377 g/mol. The fourth-order valence-electron chi connectivity index (χ4n) is 3.52. The molecule has 0 saturated carbocycles. The molecule has 27 heavy (non-hydrogen) atoms. The van der Waals surface area contributed by atoms with Crippen molar-refractivity contribution >= 4 is 5.91 Å². The van der Waals surface area contributed by atoms with Crippen molar-refractivity contribution in [2.24, 2.45) is 5.92 Å². The van der Waals surface area contributed by atoms with Crippen LogP contribution in [0.2, 0.25) is 0 Å². The number of hydrogen-bond acceptors (Lipinski definition) is 4. The number of hydrogen-bond donors (Lipinski definition) is 1. The van der Waals surface area contributed by atoms with E-state index in [1.807, 2.05) is 19.1 Å². The fourth-order valence-corrected chi connectivity index (χ4v) is 3.52. The minimum absolute atomic E-state index is 0.114. The number of benzene rings is 1. The fraction of sp³-hybridized carbons (Fsp3) is 0.682. The van der Waals surface area contributed by atoms with E-state index in [4.69, 9.17) is 9.47 Å². The summed E-state index contributed by atoms with van der Waals surface area (Å²) in [4.78, 5) is 14.7. The zero-order chi connectivity index (χ0) is 19.5. The van der Waals surface area contributed by atoms with Gasteiger partial charge in [0.15, 0.2) is 11.5 Å². The van der Waals surface area contributed by atoms with Crippen LogP contribution in [0.3, 0.4) is 0 Å². The largest absolute Gasteiger partial charge is 0.490 e. The molecule has 1 amide bonds. The number of carbonyl (C=O) groups is 1. The van der Waals surface area contributed by atoms with E-state index in [9.17, 15) is 4.79 Å². The lowest BCUT2D eigenvalue weighted by molar-refractivity contribution is -0.122. The number of carbonyl (C=O) groups excluding carboxylic acids is 1. The Morgan fingerprint density at radius 2 is 1.96 bits per heavy atom. The summed E-state index contributed by atoms with van der Waals surface area (Å²) in [7, 11) is 0. The van der Waals surface area contributed by atoms with Gasteiger partial charge in [0, 0.05) is 25.2 Å². The molecule has 0 unspecified atom stereocenters. The number of amides is 1. The monoisotopic (exact) mass is 376 g/mol. The number of fused-ring (bicyclic) bond motifs is 1. The highest BCUT2D eigenvalue weighted by Crippen LogP contribution is 2.33. The van der Waals surface area contributed by atoms with Crippen molar-refractivity contribution < 1.29 is 14.3 Å². The highest BCUT2D eigenvalue weighted by Gasteiger charge is 2.19. The summed E-state index contributed by atoms with van der Waals surface area (Å²) >= 11 is 0. The first kappa shape index (κ1) is 21.5. The highest BCUT2D eigenvalue weighted by atomic mass is 16.5. The predicted octanol–water partition coefficient (Wildman–Crippen LogP) is 4.00. The number of rotatable bonds is 6. The number of nitrogens with zero attached hydrogens (tertiary/aromatic N) is 1. The van der Waals surface area contributed by atoms with Gasteiger partial charge < -0.3 is 14.8 Å². The maximum absolute atomic E-state index is 12.4. The van der Waals surface area contributed by atoms with Gasteiger partial charge in [-0.15, -0.1) is 0 Å². The lowest BCUT2D eigenvalue weighted by Crippen LogP contribution is -2.39. The van der Waals surface area contributed by atoms with Crippen molar-refractivity contribution in [3.63, 3.8) is 0 Å². The van der Waals surface area contributed by atoms with Gasteiger partial charge >= 0.3 is 0 Å². The van der Waals surface area contributed by atoms with E-state index in [2.05, 4.69) is 30.1 Å². The van der Waals surface area contributed by atoms with E-state index < -0.39 is 0 Å². The number of ether oxygens (including phenoxy) is 2. The highest BCUT2D eigenvalue weighted by molar-refractivity contribution is 5.78. The lowest BCUT2D eigenvalue weighted by Gasteiger charge is -2.27. The van der Waals surface area contributed by atoms with Crippen LogP contribution in [0.15, 0.2) is 18.2 Å². The summed E-state index contributed by atoms with van der Waals surface area (Å²) in [5.41, 5.74) is 1.10. The van der Waals surface area contributed by atoms with Crippen molar-refractivity contribution in [1.82, 2.24) is 10.2 Å². The standard InChI is InChI=1S/C22H36N2O3/c1-4-18(5-2)15-24-16-19-11-10-12-20(26-6-3)22(19)27-14-9-7-8-13-23-21(25)17-24/h10-12,18H,4-9,13-17H2,1-3H3,(H,23,25). The predicted molar refractivity (Wildman–Crippen MR) is 109 cm³/mol. The Balaban J connectivity index is 2.28. The first-order chi connectivity index (χ1) is 13.2. The molecule has 1 aliphatic rings. The third-order valence-electron chi connectivity index (χ3n) is 5.18. The van der Waals surface area contributed by atoms with Crippen LogP contribution in [-0.2, 0) is 11.3 Å². The summed E-state index contributed by atoms with van der Waals surface area (Å²) in [5, 5.41) is 3.07. The van der Waals surface area contributed by atoms with Crippen LogP contribution < -0.4 is 14.8 Å². The maximum Gasteiger partial charge on any atom is 0.234 e. The van der Waals surface area contributed by atoms with Gasteiger partial charge in [0.25, 0.3) is 0 Å². The van der Waals surface area contributed by atoms with Crippen LogP contribution in [0.4, 0.5) is 0 Å². The Labute approximate surface area is 164 Å². The summed E-state index contributed by atoms with van der Waals surface area (Å²) in [6, 6.07) is 6.08. The Kier molecular flexibility index (Phi) is 9.46. The van der Waals surface area contributed by atoms with E-state index >= 15 is 0 Å². The Bertz CT molecular complexity index is 573. The van der Waals surface area contributed by atoms with E-state index in [0.29, 0.717) is 32.2 Å². The average Bonchev–Trinajstić information content (AvgIpc) is 2.67. The van der Waals surface area contributed by atoms with Crippen LogP contribution in [0.25, 0.3) is 0 Å². The summed E-state index contributed by atoms with van der Waals surface area (Å²) < 4.78 is 12.0. The van der Waals surface area contributed by atoms with E-state index in [0.717, 1.165) is 62.3 Å². The summed E-state index contributed by atoms with van der Waals surface area (Å²) in [6.07, 6.45) is 5.26. The number of nitrogens with one attached hydrogen (secondary N) is 1. The zero-order valence-corrected chi connectivity index (χ0v) is 17.3. The van der Waals surface area contributed by atoms with Crippen LogP contribution in [0, 0.1) is 5.92 Å². The molecule has 0 atom stereocenters. The van der Waals surface area contributed by atoms with Gasteiger partial charge in [0.05, 0.1) is 19.8 Å². The third-order valence-corrected chi connectivity index (χ3v) is 5.18. The molecule has 1 N–H and O–H groups in total. The molecule has 0 fully saturated rings. The third kappa shape index (κ3) is 7.06. The topological polar surface area (TPSA) is 50.8 Å². The van der Waals surface area contributed by atoms with E-state index in [1.54, 1.807) is 0 Å². The minimum Gasteiger partial charge on any atom is -0.490 e. The quantitative estimate of drug-likeness (QED) is 0.815. The normalized spacial score (nSPS) is 17.1. The van der Waals surface area contributed by atoms with Crippen LogP contribution >= 0.6 is 0 Å². The van der Waals surface area contributed by atoms with Crippen molar-refractivity contribution in [3.05, 3.63) is 23.8 Å². The van der Waals surface area contributed by atoms with Gasteiger partial charge in [-0.1, -0.05) is 38.8 Å². The molecule has 1 aromatic carbocycles. The Hall–Kier alpha value is -1.75. The van der Waals surface area contributed by atoms with Crippen molar-refractivity contribution in [2.45, 2.75) is 59.4 Å². The molecule has 2 rings (SSSR count). The molecule has 5 heteroatoms. The summed E-state index contributed by atoms with van der Waals surface area (Å²) in [5.74, 6) is 2.35. The first-order valence-corrected chi connectivity index (χ1v) is 10.5. The molecule has 1 aromatic rings. The second kappa shape index (κ2) is 11.9. The molecule has 1 heterocycles. The van der Waals surface area contributed by atoms with Gasteiger partial charge in [-0.2, -0.15) is 0 Å². The second-order valence-electron chi connectivity index (χ2n) is 7.29.